The molecule has 1 aliphatic carbocycles. The molecule has 5 rings (SSSR count). The molecule has 1 amide bonds. The van der Waals surface area contributed by atoms with E-state index in [4.69, 9.17) is 0 Å². The molecule has 1 saturated carbocycles. The molecule has 0 bridgehead atoms. The van der Waals surface area contributed by atoms with Gasteiger partial charge in [-0.2, -0.15) is 0 Å². The van der Waals surface area contributed by atoms with Crippen molar-refractivity contribution >= 4 is 11.9 Å². The zero-order valence-electron chi connectivity index (χ0n) is 18.8. The Morgan fingerprint density at radius 1 is 1.00 bits per heavy atom. The van der Waals surface area contributed by atoms with E-state index in [-0.39, 0.29) is 11.9 Å². The Hall–Kier alpha value is -3.21. The molecule has 2 aromatic carbocycles. The summed E-state index contributed by atoms with van der Waals surface area (Å²) in [7, 11) is 0. The molecule has 1 spiro atoms. The first-order valence-corrected chi connectivity index (χ1v) is 11.5. The highest BCUT2D eigenvalue weighted by molar-refractivity contribution is 6.01. The second-order valence-corrected chi connectivity index (χ2v) is 9.37. The summed E-state index contributed by atoms with van der Waals surface area (Å²) in [5, 5.41) is 3.43. The third-order valence-electron chi connectivity index (χ3n) is 6.93. The lowest BCUT2D eigenvalue weighted by molar-refractivity contribution is 0.0546. The number of piperidine rings is 1. The van der Waals surface area contributed by atoms with Crippen molar-refractivity contribution in [3.8, 4) is 11.1 Å². The number of likely N-dealkylation sites (tertiary alicyclic amines) is 1. The van der Waals surface area contributed by atoms with Crippen LogP contribution in [0.15, 0.2) is 60.7 Å². The number of carbonyl (C=O) groups excluding carboxylic acids is 1. The number of amides is 1. The minimum atomic E-state index is 0.119. The Labute approximate surface area is 189 Å². The molecule has 164 valence electrons. The second kappa shape index (κ2) is 8.38. The minimum absolute atomic E-state index is 0.119. The number of hydrogen-bond acceptors (Lipinski definition) is 4. The van der Waals surface area contributed by atoms with Crippen molar-refractivity contribution in [2.45, 2.75) is 45.6 Å². The van der Waals surface area contributed by atoms with Gasteiger partial charge < -0.3 is 10.2 Å². The number of nitrogens with one attached hydrogen (secondary N) is 1. The van der Waals surface area contributed by atoms with Gasteiger partial charge in [0.1, 0.15) is 0 Å². The number of benzene rings is 2. The molecule has 1 aliphatic heterocycles. The first kappa shape index (κ1) is 20.7. The smallest absolute Gasteiger partial charge is 0.254 e. The predicted octanol–water partition coefficient (Wildman–Crippen LogP) is 5.26. The van der Waals surface area contributed by atoms with Crippen LogP contribution in [0.3, 0.4) is 0 Å². The average molecular weight is 427 g/mol. The molecule has 32 heavy (non-hydrogen) atoms. The van der Waals surface area contributed by atoms with E-state index in [1.54, 1.807) is 0 Å². The van der Waals surface area contributed by atoms with Crippen LogP contribution in [0.25, 0.3) is 11.1 Å². The lowest BCUT2D eigenvalue weighted by Gasteiger charge is -2.40. The topological polar surface area (TPSA) is 58.1 Å². The highest BCUT2D eigenvalue weighted by atomic mass is 16.2. The number of aryl methyl sites for hydroxylation is 2. The molecule has 5 nitrogen and oxygen atoms in total. The van der Waals surface area contributed by atoms with Gasteiger partial charge in [-0.1, -0.05) is 48.5 Å². The van der Waals surface area contributed by atoms with Crippen molar-refractivity contribution in [2.24, 2.45) is 5.41 Å². The van der Waals surface area contributed by atoms with Crippen LogP contribution in [0.2, 0.25) is 0 Å². The van der Waals surface area contributed by atoms with Crippen LogP contribution in [-0.4, -0.2) is 39.9 Å². The van der Waals surface area contributed by atoms with Gasteiger partial charge in [0.2, 0.25) is 5.95 Å². The van der Waals surface area contributed by atoms with E-state index in [0.717, 1.165) is 47.5 Å². The fourth-order valence-electron chi connectivity index (χ4n) is 5.04. The van der Waals surface area contributed by atoms with E-state index in [0.29, 0.717) is 17.9 Å². The summed E-state index contributed by atoms with van der Waals surface area (Å²) in [6.07, 6.45) is 4.71. The number of aromatic nitrogens is 2. The fraction of sp³-hybridized carbons (Fsp3) is 0.370. The Kier molecular flexibility index (Phi) is 5.41. The van der Waals surface area contributed by atoms with Crippen LogP contribution in [-0.2, 0) is 0 Å². The molecule has 1 N–H and O–H groups in total. The molecule has 2 aliphatic rings. The highest BCUT2D eigenvalue weighted by Gasteiger charge is 2.49. The van der Waals surface area contributed by atoms with Crippen LogP contribution < -0.4 is 5.32 Å². The maximum absolute atomic E-state index is 13.8. The van der Waals surface area contributed by atoms with E-state index in [9.17, 15) is 4.79 Å². The summed E-state index contributed by atoms with van der Waals surface area (Å²) >= 11 is 0. The van der Waals surface area contributed by atoms with E-state index in [1.807, 2.05) is 62.4 Å². The SMILES string of the molecule is Cc1cc(C)nc(NCC2CC3(CCN2C(=O)c2ccccc2-c2ccccc2)CC3)n1. The quantitative estimate of drug-likeness (QED) is 0.605. The van der Waals surface area contributed by atoms with Crippen LogP contribution in [0.5, 0.6) is 0 Å². The summed E-state index contributed by atoms with van der Waals surface area (Å²) in [5.41, 5.74) is 5.18. The van der Waals surface area contributed by atoms with Crippen LogP contribution >= 0.6 is 0 Å². The molecule has 2 fully saturated rings. The molecule has 3 aromatic rings. The largest absolute Gasteiger partial charge is 0.352 e. The van der Waals surface area contributed by atoms with Gasteiger partial charge in [-0.3, -0.25) is 4.79 Å². The lowest BCUT2D eigenvalue weighted by atomic mass is 9.87. The number of anilines is 1. The van der Waals surface area contributed by atoms with Crippen molar-refractivity contribution < 1.29 is 4.79 Å². The molecule has 1 atom stereocenters. The van der Waals surface area contributed by atoms with Gasteiger partial charge in [-0.25, -0.2) is 9.97 Å². The third kappa shape index (κ3) is 4.24. The van der Waals surface area contributed by atoms with E-state index in [2.05, 4.69) is 32.3 Å². The zero-order valence-corrected chi connectivity index (χ0v) is 18.8. The first-order chi connectivity index (χ1) is 15.5. The fourth-order valence-corrected chi connectivity index (χ4v) is 5.04. The summed E-state index contributed by atoms with van der Waals surface area (Å²) in [6, 6.07) is 20.3. The van der Waals surface area contributed by atoms with Gasteiger partial charge in [-0.15, -0.1) is 0 Å². The van der Waals surface area contributed by atoms with Gasteiger partial charge >= 0.3 is 0 Å². The molecule has 1 saturated heterocycles. The maximum atomic E-state index is 13.8. The second-order valence-electron chi connectivity index (χ2n) is 9.37. The molecule has 5 heteroatoms. The average Bonchev–Trinajstić information content (AvgIpc) is 3.56. The molecular weight excluding hydrogens is 396 g/mol. The first-order valence-electron chi connectivity index (χ1n) is 11.5. The molecule has 1 unspecified atom stereocenters. The normalized spacial score (nSPS) is 19.1. The molecule has 0 radical (unpaired) electrons. The summed E-state index contributed by atoms with van der Waals surface area (Å²) < 4.78 is 0. The van der Waals surface area contributed by atoms with E-state index in [1.165, 1.54) is 12.8 Å². The number of carbonyl (C=O) groups is 1. The number of rotatable bonds is 5. The lowest BCUT2D eigenvalue weighted by Crippen LogP contribution is -2.50. The van der Waals surface area contributed by atoms with Crippen molar-refractivity contribution in [3.63, 3.8) is 0 Å². The van der Waals surface area contributed by atoms with Crippen molar-refractivity contribution in [1.82, 2.24) is 14.9 Å². The van der Waals surface area contributed by atoms with Crippen molar-refractivity contribution in [2.75, 3.05) is 18.4 Å². The predicted molar refractivity (Wildman–Crippen MR) is 128 cm³/mol. The van der Waals surface area contributed by atoms with Gasteiger partial charge in [0.05, 0.1) is 0 Å². The summed E-state index contributed by atoms with van der Waals surface area (Å²) in [6.45, 7) is 5.44. The van der Waals surface area contributed by atoms with Crippen LogP contribution in [0.4, 0.5) is 5.95 Å². The molecule has 1 aromatic heterocycles. The Balaban J connectivity index is 1.40. The molecule has 2 heterocycles. The minimum Gasteiger partial charge on any atom is -0.352 e. The summed E-state index contributed by atoms with van der Waals surface area (Å²) in [5.74, 6) is 0.767. The van der Waals surface area contributed by atoms with E-state index >= 15 is 0 Å². The maximum Gasteiger partial charge on any atom is 0.254 e. The summed E-state index contributed by atoms with van der Waals surface area (Å²) in [4.78, 5) is 25.0. The van der Waals surface area contributed by atoms with Gasteiger partial charge in [0.25, 0.3) is 5.91 Å². The Morgan fingerprint density at radius 2 is 1.69 bits per heavy atom. The van der Waals surface area contributed by atoms with Crippen LogP contribution in [0.1, 0.15) is 47.4 Å². The van der Waals surface area contributed by atoms with E-state index < -0.39 is 0 Å². The Bertz CT molecular complexity index is 1100. The highest BCUT2D eigenvalue weighted by Crippen LogP contribution is 2.55. The van der Waals surface area contributed by atoms with Gasteiger partial charge in [0, 0.05) is 36.1 Å². The number of nitrogens with zero attached hydrogens (tertiary/aromatic N) is 3. The zero-order chi connectivity index (χ0) is 22.1. The Morgan fingerprint density at radius 3 is 2.41 bits per heavy atom. The van der Waals surface area contributed by atoms with Crippen molar-refractivity contribution in [1.29, 1.82) is 0 Å². The molecular formula is C27H30N4O. The van der Waals surface area contributed by atoms with Gasteiger partial charge in [-0.05, 0) is 68.2 Å². The monoisotopic (exact) mass is 426 g/mol. The number of hydrogen-bond donors (Lipinski definition) is 1. The third-order valence-corrected chi connectivity index (χ3v) is 6.93. The van der Waals surface area contributed by atoms with Crippen LogP contribution in [0, 0.1) is 19.3 Å². The van der Waals surface area contributed by atoms with Crippen molar-refractivity contribution in [3.05, 3.63) is 77.6 Å². The van der Waals surface area contributed by atoms with Gasteiger partial charge in [0.15, 0.2) is 0 Å². The standard InChI is InChI=1S/C27H30N4O/c1-19-16-20(2)30-26(29-19)28-18-22-17-27(12-13-27)14-15-31(22)25(32)24-11-7-6-10-23(24)21-8-4-3-5-9-21/h3-11,16,22H,12-15,17-18H2,1-2H3,(H,28,29,30).